The molecular formula is C23H26N2O3. The summed E-state index contributed by atoms with van der Waals surface area (Å²) < 4.78 is 4.90. The molecule has 2 N–H and O–H groups in total. The number of hydrogen-bond donors (Lipinski definition) is 2. The minimum atomic E-state index is -0.725. The fourth-order valence-electron chi connectivity index (χ4n) is 4.46. The summed E-state index contributed by atoms with van der Waals surface area (Å²) in [5, 5.41) is 5.90. The first-order valence-corrected chi connectivity index (χ1v) is 10.0. The highest BCUT2D eigenvalue weighted by atomic mass is 16.5. The number of esters is 1. The Morgan fingerprint density at radius 3 is 2.25 bits per heavy atom. The highest BCUT2D eigenvalue weighted by molar-refractivity contribution is 5.94. The average molecular weight is 378 g/mol. The average Bonchev–Trinajstić information content (AvgIpc) is 3.36. The monoisotopic (exact) mass is 378 g/mol. The number of aryl methyl sites for hydroxylation is 2. The van der Waals surface area contributed by atoms with Crippen molar-refractivity contribution in [2.45, 2.75) is 51.0 Å². The Bertz CT molecular complexity index is 860. The molecule has 2 aliphatic carbocycles. The molecule has 0 spiro atoms. The Morgan fingerprint density at radius 1 is 1.00 bits per heavy atom. The number of amides is 2. The van der Waals surface area contributed by atoms with Crippen LogP contribution in [0.4, 0.5) is 10.5 Å². The lowest BCUT2D eigenvalue weighted by atomic mass is 9.99. The summed E-state index contributed by atoms with van der Waals surface area (Å²) in [5.74, 6) is -0.442. The van der Waals surface area contributed by atoms with Gasteiger partial charge in [0.05, 0.1) is 7.11 Å². The second-order valence-corrected chi connectivity index (χ2v) is 7.60. The number of ether oxygens (including phenoxy) is 1. The first kappa shape index (κ1) is 18.5. The molecule has 1 atom stereocenters. The number of hydrogen-bond acceptors (Lipinski definition) is 3. The summed E-state index contributed by atoms with van der Waals surface area (Å²) in [6, 6.07) is 10.9. The van der Waals surface area contributed by atoms with Crippen molar-refractivity contribution in [3.05, 3.63) is 64.2 Å². The summed E-state index contributed by atoms with van der Waals surface area (Å²) in [4.78, 5) is 25.0. The van der Waals surface area contributed by atoms with Crippen LogP contribution < -0.4 is 10.6 Å². The minimum absolute atomic E-state index is 0.347. The van der Waals surface area contributed by atoms with Gasteiger partial charge in [-0.1, -0.05) is 36.4 Å². The first-order valence-electron chi connectivity index (χ1n) is 10.0. The fraction of sp³-hybridized carbons (Fsp3) is 0.391. The SMILES string of the molecule is COC(=O)C(Cc1ccccc1)NC(=O)Nc1c2c(cc3c1CCC3)CCC2. The Morgan fingerprint density at radius 2 is 1.64 bits per heavy atom. The minimum Gasteiger partial charge on any atom is -0.467 e. The van der Waals surface area contributed by atoms with Crippen LogP contribution >= 0.6 is 0 Å². The number of rotatable bonds is 5. The maximum atomic E-state index is 12.8. The second-order valence-electron chi connectivity index (χ2n) is 7.60. The van der Waals surface area contributed by atoms with E-state index in [-0.39, 0.29) is 6.03 Å². The maximum Gasteiger partial charge on any atom is 0.328 e. The van der Waals surface area contributed by atoms with Crippen LogP contribution in [0.25, 0.3) is 0 Å². The van der Waals surface area contributed by atoms with Crippen molar-refractivity contribution >= 4 is 17.7 Å². The largest absolute Gasteiger partial charge is 0.467 e. The molecule has 146 valence electrons. The molecular weight excluding hydrogens is 352 g/mol. The van der Waals surface area contributed by atoms with Crippen molar-refractivity contribution in [1.82, 2.24) is 5.32 Å². The number of fused-ring (bicyclic) bond motifs is 2. The van der Waals surface area contributed by atoms with Gasteiger partial charge in [-0.3, -0.25) is 0 Å². The van der Waals surface area contributed by atoms with Crippen molar-refractivity contribution in [1.29, 1.82) is 0 Å². The molecule has 2 amide bonds. The van der Waals surface area contributed by atoms with Crippen molar-refractivity contribution in [2.75, 3.05) is 12.4 Å². The van der Waals surface area contributed by atoms with E-state index in [1.54, 1.807) is 0 Å². The third kappa shape index (κ3) is 3.75. The number of methoxy groups -OCH3 is 1. The van der Waals surface area contributed by atoms with Gasteiger partial charge in [0, 0.05) is 12.1 Å². The molecule has 0 saturated carbocycles. The van der Waals surface area contributed by atoms with Gasteiger partial charge in [0.1, 0.15) is 6.04 Å². The van der Waals surface area contributed by atoms with Crippen LogP contribution in [0.3, 0.4) is 0 Å². The van der Waals surface area contributed by atoms with E-state index in [1.807, 2.05) is 30.3 Å². The molecule has 0 heterocycles. The zero-order valence-electron chi connectivity index (χ0n) is 16.2. The summed E-state index contributed by atoms with van der Waals surface area (Å²) in [5.41, 5.74) is 7.22. The van der Waals surface area contributed by atoms with Gasteiger partial charge < -0.3 is 15.4 Å². The van der Waals surface area contributed by atoms with Crippen LogP contribution in [0.15, 0.2) is 36.4 Å². The van der Waals surface area contributed by atoms with E-state index >= 15 is 0 Å². The number of benzene rings is 2. The first-order chi connectivity index (χ1) is 13.7. The van der Waals surface area contributed by atoms with Crippen LogP contribution in [0.5, 0.6) is 0 Å². The van der Waals surface area contributed by atoms with E-state index in [0.717, 1.165) is 49.8 Å². The number of carbonyl (C=O) groups is 2. The summed E-state index contributed by atoms with van der Waals surface area (Å²) in [7, 11) is 1.34. The van der Waals surface area contributed by atoms with Crippen molar-refractivity contribution in [3.63, 3.8) is 0 Å². The highest BCUT2D eigenvalue weighted by Gasteiger charge is 2.27. The zero-order valence-corrected chi connectivity index (χ0v) is 16.2. The molecule has 0 aliphatic heterocycles. The van der Waals surface area contributed by atoms with Gasteiger partial charge >= 0.3 is 12.0 Å². The molecule has 4 rings (SSSR count). The predicted molar refractivity (Wildman–Crippen MR) is 109 cm³/mol. The van der Waals surface area contributed by atoms with Crippen LogP contribution in [0.1, 0.15) is 40.7 Å². The Hall–Kier alpha value is -2.82. The molecule has 5 nitrogen and oxygen atoms in total. The summed E-state index contributed by atoms with van der Waals surface area (Å²) >= 11 is 0. The lowest BCUT2D eigenvalue weighted by molar-refractivity contribution is -0.142. The summed E-state index contributed by atoms with van der Waals surface area (Å²) in [6.45, 7) is 0. The van der Waals surface area contributed by atoms with Gasteiger partial charge in [0.15, 0.2) is 0 Å². The van der Waals surface area contributed by atoms with Crippen LogP contribution in [0, 0.1) is 0 Å². The fourth-order valence-corrected chi connectivity index (χ4v) is 4.46. The van der Waals surface area contributed by atoms with Gasteiger partial charge in [-0.15, -0.1) is 0 Å². The number of carbonyl (C=O) groups excluding carboxylic acids is 2. The number of anilines is 1. The van der Waals surface area contributed by atoms with Crippen LogP contribution in [-0.2, 0) is 41.6 Å². The predicted octanol–water partition coefficient (Wildman–Crippen LogP) is 3.57. The van der Waals surface area contributed by atoms with E-state index in [0.29, 0.717) is 6.42 Å². The quantitative estimate of drug-likeness (QED) is 0.782. The van der Waals surface area contributed by atoms with Gasteiger partial charge in [-0.2, -0.15) is 0 Å². The second kappa shape index (κ2) is 8.05. The van der Waals surface area contributed by atoms with Gasteiger partial charge in [-0.05, 0) is 66.3 Å². The molecule has 0 fully saturated rings. The Kier molecular flexibility index (Phi) is 5.33. The number of nitrogens with one attached hydrogen (secondary N) is 2. The normalized spacial score (nSPS) is 15.5. The summed E-state index contributed by atoms with van der Waals surface area (Å²) in [6.07, 6.45) is 6.83. The molecule has 28 heavy (non-hydrogen) atoms. The third-order valence-electron chi connectivity index (χ3n) is 5.79. The van der Waals surface area contributed by atoms with Crippen molar-refractivity contribution in [2.24, 2.45) is 0 Å². The number of urea groups is 1. The zero-order chi connectivity index (χ0) is 19.5. The molecule has 2 aromatic carbocycles. The lowest BCUT2D eigenvalue weighted by Gasteiger charge is -2.20. The van der Waals surface area contributed by atoms with E-state index in [2.05, 4.69) is 16.7 Å². The molecule has 0 saturated heterocycles. The van der Waals surface area contributed by atoms with Crippen LogP contribution in [0.2, 0.25) is 0 Å². The van der Waals surface area contributed by atoms with Crippen LogP contribution in [-0.4, -0.2) is 25.2 Å². The van der Waals surface area contributed by atoms with Gasteiger partial charge in [-0.25, -0.2) is 9.59 Å². The molecule has 1 unspecified atom stereocenters. The third-order valence-corrected chi connectivity index (χ3v) is 5.79. The highest BCUT2D eigenvalue weighted by Crippen LogP contribution is 2.38. The molecule has 0 aromatic heterocycles. The van der Waals surface area contributed by atoms with E-state index in [1.165, 1.54) is 29.4 Å². The molecule has 5 heteroatoms. The standard InChI is InChI=1S/C23H26N2O3/c1-28-22(26)20(13-15-7-3-2-4-8-15)24-23(27)25-21-18-11-5-9-16(18)14-17-10-6-12-19(17)21/h2-4,7-8,14,20H,5-6,9-13H2,1H3,(H2,24,25,27). The van der Waals surface area contributed by atoms with Crippen molar-refractivity contribution < 1.29 is 14.3 Å². The van der Waals surface area contributed by atoms with Gasteiger partial charge in [0.2, 0.25) is 0 Å². The molecule has 0 radical (unpaired) electrons. The molecule has 2 aromatic rings. The van der Waals surface area contributed by atoms with E-state index in [4.69, 9.17) is 4.74 Å². The maximum absolute atomic E-state index is 12.8. The lowest BCUT2D eigenvalue weighted by Crippen LogP contribution is -2.45. The van der Waals surface area contributed by atoms with Gasteiger partial charge in [0.25, 0.3) is 0 Å². The van der Waals surface area contributed by atoms with E-state index < -0.39 is 12.0 Å². The Balaban J connectivity index is 1.52. The van der Waals surface area contributed by atoms with E-state index in [9.17, 15) is 9.59 Å². The smallest absolute Gasteiger partial charge is 0.328 e. The topological polar surface area (TPSA) is 67.4 Å². The molecule has 0 bridgehead atoms. The Labute approximate surface area is 165 Å². The van der Waals surface area contributed by atoms with Crippen molar-refractivity contribution in [3.8, 4) is 0 Å². The molecule has 2 aliphatic rings.